The second-order valence-corrected chi connectivity index (χ2v) is 6.82. The van der Waals surface area contributed by atoms with Crippen LogP contribution in [0.5, 0.6) is 11.5 Å². The number of nitrogens with two attached hydrogens (primary N) is 1. The van der Waals surface area contributed by atoms with Gasteiger partial charge in [-0.25, -0.2) is 0 Å². The Hall–Kier alpha value is -3.18. The van der Waals surface area contributed by atoms with Gasteiger partial charge in [-0.05, 0) is 66.8 Å². The van der Waals surface area contributed by atoms with Crippen molar-refractivity contribution in [3.63, 3.8) is 0 Å². The van der Waals surface area contributed by atoms with Gasteiger partial charge in [0.15, 0.2) is 0 Å². The van der Waals surface area contributed by atoms with Crippen LogP contribution >= 0.6 is 0 Å². The van der Waals surface area contributed by atoms with Crippen molar-refractivity contribution in [1.82, 2.24) is 10.2 Å². The largest absolute Gasteiger partial charge is 0.457 e. The average Bonchev–Trinajstić information content (AvgIpc) is 2.69. The highest BCUT2D eigenvalue weighted by molar-refractivity contribution is 5.72. The van der Waals surface area contributed by atoms with Crippen LogP contribution in [-0.4, -0.2) is 10.2 Å². The maximum Gasteiger partial charge on any atom is 0.127 e. The number of para-hydroxylation sites is 1. The smallest absolute Gasteiger partial charge is 0.127 e. The predicted molar refractivity (Wildman–Crippen MR) is 105 cm³/mol. The number of hydrogen-bond acceptors (Lipinski definition) is 5. The summed E-state index contributed by atoms with van der Waals surface area (Å²) in [5, 5.41) is 8.87. The first-order valence-electron chi connectivity index (χ1n) is 8.98. The van der Waals surface area contributed by atoms with E-state index in [1.807, 2.05) is 54.6 Å². The van der Waals surface area contributed by atoms with E-state index in [0.29, 0.717) is 5.92 Å². The van der Waals surface area contributed by atoms with Crippen molar-refractivity contribution in [2.45, 2.75) is 19.8 Å². The number of allylic oxidation sites excluding steroid dienone is 1. The van der Waals surface area contributed by atoms with Gasteiger partial charge in [-0.3, -0.25) is 0 Å². The topological polar surface area (TPSA) is 70.3 Å². The zero-order valence-corrected chi connectivity index (χ0v) is 15.1. The number of nitrogens with zero attached hydrogens (tertiary/aromatic N) is 2. The summed E-state index contributed by atoms with van der Waals surface area (Å²) in [5.41, 5.74) is 4.92. The molecule has 2 aromatic carbocycles. The number of aromatic nitrogens is 2. The van der Waals surface area contributed by atoms with Crippen LogP contribution in [0.25, 0.3) is 16.8 Å². The highest BCUT2D eigenvalue weighted by atomic mass is 16.6. The van der Waals surface area contributed by atoms with Gasteiger partial charge in [-0.15, -0.1) is 0 Å². The van der Waals surface area contributed by atoms with Crippen LogP contribution in [0, 0.1) is 5.92 Å². The van der Waals surface area contributed by atoms with E-state index in [0.717, 1.165) is 52.4 Å². The summed E-state index contributed by atoms with van der Waals surface area (Å²) in [6.07, 6.45) is 3.43. The third-order valence-electron chi connectivity index (χ3n) is 4.67. The minimum Gasteiger partial charge on any atom is -0.457 e. The maximum atomic E-state index is 5.84. The SMILES string of the molecule is CC1C/C(=C\ON)c2cc(-c3ccc(Oc4ccccc4)cc3)nnc2C1. The van der Waals surface area contributed by atoms with Crippen LogP contribution < -0.4 is 10.6 Å². The number of fused-ring (bicyclic) bond motifs is 1. The molecule has 0 bridgehead atoms. The number of rotatable bonds is 4. The Labute approximate surface area is 158 Å². The summed E-state index contributed by atoms with van der Waals surface area (Å²) in [6.45, 7) is 2.19. The fourth-order valence-electron chi connectivity index (χ4n) is 3.39. The van der Waals surface area contributed by atoms with E-state index in [2.05, 4.69) is 23.2 Å². The van der Waals surface area contributed by atoms with E-state index < -0.39 is 0 Å². The molecule has 136 valence electrons. The Morgan fingerprint density at radius 3 is 2.44 bits per heavy atom. The molecule has 0 fully saturated rings. The minimum absolute atomic E-state index is 0.494. The summed E-state index contributed by atoms with van der Waals surface area (Å²) in [7, 11) is 0. The molecule has 0 saturated carbocycles. The van der Waals surface area contributed by atoms with E-state index in [1.54, 1.807) is 6.26 Å². The van der Waals surface area contributed by atoms with Crippen molar-refractivity contribution in [2.24, 2.45) is 11.8 Å². The zero-order valence-electron chi connectivity index (χ0n) is 15.1. The second-order valence-electron chi connectivity index (χ2n) is 6.82. The fraction of sp³-hybridized carbons (Fsp3) is 0.182. The van der Waals surface area contributed by atoms with E-state index in [9.17, 15) is 0 Å². The van der Waals surface area contributed by atoms with Crippen LogP contribution in [-0.2, 0) is 11.3 Å². The third kappa shape index (κ3) is 3.83. The summed E-state index contributed by atoms with van der Waals surface area (Å²) in [6, 6.07) is 19.6. The Bertz CT molecular complexity index is 953. The highest BCUT2D eigenvalue weighted by Gasteiger charge is 2.22. The van der Waals surface area contributed by atoms with Crippen molar-refractivity contribution in [3.8, 4) is 22.8 Å². The molecule has 0 amide bonds. The number of hydrogen-bond donors (Lipinski definition) is 1. The van der Waals surface area contributed by atoms with E-state index >= 15 is 0 Å². The molecule has 2 N–H and O–H groups in total. The van der Waals surface area contributed by atoms with E-state index in [4.69, 9.17) is 15.5 Å². The van der Waals surface area contributed by atoms with Crippen LogP contribution in [0.3, 0.4) is 0 Å². The van der Waals surface area contributed by atoms with Gasteiger partial charge in [0.2, 0.25) is 0 Å². The van der Waals surface area contributed by atoms with Crippen molar-refractivity contribution < 1.29 is 9.57 Å². The van der Waals surface area contributed by atoms with Gasteiger partial charge in [0.05, 0.1) is 11.4 Å². The van der Waals surface area contributed by atoms with Crippen LogP contribution in [0.4, 0.5) is 0 Å². The van der Waals surface area contributed by atoms with Crippen LogP contribution in [0.15, 0.2) is 66.9 Å². The highest BCUT2D eigenvalue weighted by Crippen LogP contribution is 2.34. The standard InChI is InChI=1S/C22H21N3O2/c1-15-11-17(14-26-23)20-13-21(24-25-22(20)12-15)16-7-9-19(10-8-16)27-18-5-3-2-4-6-18/h2-10,13-15H,11-12,23H2,1H3/b17-14+. The van der Waals surface area contributed by atoms with Crippen molar-refractivity contribution >= 4 is 5.57 Å². The minimum atomic E-state index is 0.494. The Morgan fingerprint density at radius 1 is 0.963 bits per heavy atom. The van der Waals surface area contributed by atoms with Gasteiger partial charge in [0.25, 0.3) is 0 Å². The molecule has 1 aromatic heterocycles. The summed E-state index contributed by atoms with van der Waals surface area (Å²) < 4.78 is 5.84. The molecule has 1 atom stereocenters. The lowest BCUT2D eigenvalue weighted by Gasteiger charge is -2.22. The van der Waals surface area contributed by atoms with Crippen molar-refractivity contribution in [1.29, 1.82) is 0 Å². The van der Waals surface area contributed by atoms with Gasteiger partial charge in [-0.1, -0.05) is 25.1 Å². The molecule has 0 radical (unpaired) electrons. The number of benzene rings is 2. The second kappa shape index (κ2) is 7.60. The first kappa shape index (κ1) is 17.2. The molecule has 1 unspecified atom stereocenters. The van der Waals surface area contributed by atoms with Gasteiger partial charge in [-0.2, -0.15) is 16.1 Å². The molecule has 1 aliphatic carbocycles. The molecule has 1 heterocycles. The van der Waals surface area contributed by atoms with Crippen LogP contribution in [0.2, 0.25) is 0 Å². The third-order valence-corrected chi connectivity index (χ3v) is 4.67. The predicted octanol–water partition coefficient (Wildman–Crippen LogP) is 4.75. The Kier molecular flexibility index (Phi) is 4.85. The summed E-state index contributed by atoms with van der Waals surface area (Å²) in [4.78, 5) is 4.78. The van der Waals surface area contributed by atoms with Crippen molar-refractivity contribution in [2.75, 3.05) is 0 Å². The number of ether oxygens (including phenoxy) is 1. The Balaban J connectivity index is 1.60. The Morgan fingerprint density at radius 2 is 1.70 bits per heavy atom. The molecule has 0 aliphatic heterocycles. The van der Waals surface area contributed by atoms with Crippen LogP contribution in [0.1, 0.15) is 24.6 Å². The lowest BCUT2D eigenvalue weighted by Crippen LogP contribution is -2.14. The normalized spacial score (nSPS) is 17.4. The van der Waals surface area contributed by atoms with E-state index in [1.165, 1.54) is 0 Å². The first-order valence-corrected chi connectivity index (χ1v) is 8.98. The molecule has 0 spiro atoms. The van der Waals surface area contributed by atoms with Gasteiger partial charge < -0.3 is 9.57 Å². The maximum absolute atomic E-state index is 5.84. The van der Waals surface area contributed by atoms with Gasteiger partial charge >= 0.3 is 0 Å². The molecule has 5 heteroatoms. The van der Waals surface area contributed by atoms with E-state index in [-0.39, 0.29) is 0 Å². The first-order chi connectivity index (χ1) is 13.2. The molecule has 27 heavy (non-hydrogen) atoms. The molecular formula is C22H21N3O2. The molecule has 5 nitrogen and oxygen atoms in total. The quantitative estimate of drug-likeness (QED) is 0.538. The molecule has 1 aliphatic rings. The van der Waals surface area contributed by atoms with Crippen molar-refractivity contribution in [3.05, 3.63) is 78.2 Å². The summed E-state index contributed by atoms with van der Waals surface area (Å²) >= 11 is 0. The molecule has 4 rings (SSSR count). The fourth-order valence-corrected chi connectivity index (χ4v) is 3.39. The molecule has 0 saturated heterocycles. The molecule has 3 aromatic rings. The van der Waals surface area contributed by atoms with Gasteiger partial charge in [0, 0.05) is 11.1 Å². The average molecular weight is 359 g/mol. The monoisotopic (exact) mass is 359 g/mol. The van der Waals surface area contributed by atoms with Gasteiger partial charge in [0.1, 0.15) is 17.8 Å². The summed E-state index contributed by atoms with van der Waals surface area (Å²) in [5.74, 6) is 7.35. The lowest BCUT2D eigenvalue weighted by atomic mass is 9.84. The zero-order chi connectivity index (χ0) is 18.6. The molecular weight excluding hydrogens is 338 g/mol. The lowest BCUT2D eigenvalue weighted by molar-refractivity contribution is 0.261.